The van der Waals surface area contributed by atoms with E-state index in [1.54, 1.807) is 0 Å². The van der Waals surface area contributed by atoms with Crippen molar-refractivity contribution in [1.29, 1.82) is 0 Å². The second-order valence-corrected chi connectivity index (χ2v) is 5.47. The number of sulfone groups is 1. The van der Waals surface area contributed by atoms with Crippen molar-refractivity contribution in [2.45, 2.75) is 5.09 Å². The van der Waals surface area contributed by atoms with E-state index in [-0.39, 0.29) is 16.4 Å². The van der Waals surface area contributed by atoms with Gasteiger partial charge in [-0.05, 0) is 30.3 Å². The van der Waals surface area contributed by atoms with Crippen molar-refractivity contribution in [3.8, 4) is 11.3 Å². The second-order valence-electron chi connectivity index (χ2n) is 3.52. The van der Waals surface area contributed by atoms with Crippen molar-refractivity contribution in [2.24, 2.45) is 0 Å². The van der Waals surface area contributed by atoms with Crippen LogP contribution in [-0.4, -0.2) is 14.7 Å². The molecule has 1 aromatic carbocycles. The van der Waals surface area contributed by atoms with Crippen LogP contribution in [0.3, 0.4) is 0 Å². The Morgan fingerprint density at radius 2 is 1.76 bits per heavy atom. The summed E-state index contributed by atoms with van der Waals surface area (Å²) in [5, 5.41) is -0.211. The average Bonchev–Trinajstić information content (AvgIpc) is 2.70. The van der Waals surface area contributed by atoms with E-state index in [4.69, 9.17) is 4.42 Å². The van der Waals surface area contributed by atoms with Crippen LogP contribution in [0.2, 0.25) is 0 Å². The Balaban J connectivity index is 2.47. The van der Waals surface area contributed by atoms with Gasteiger partial charge in [0.2, 0.25) is 14.9 Å². The van der Waals surface area contributed by atoms with Gasteiger partial charge in [0.1, 0.15) is 5.76 Å². The van der Waals surface area contributed by atoms with E-state index < -0.39 is 21.5 Å². The molecular weight excluding hydrogens is 250 g/mol. The summed E-state index contributed by atoms with van der Waals surface area (Å²) < 4.78 is 53.1. The predicted octanol–water partition coefficient (Wildman–Crippen LogP) is 2.63. The van der Waals surface area contributed by atoms with Gasteiger partial charge < -0.3 is 4.42 Å². The molecule has 0 aliphatic rings. The maximum atomic E-state index is 13.0. The minimum Gasteiger partial charge on any atom is -0.445 e. The molecule has 17 heavy (non-hydrogen) atoms. The fourth-order valence-electron chi connectivity index (χ4n) is 1.32. The van der Waals surface area contributed by atoms with Gasteiger partial charge in [0.25, 0.3) is 0 Å². The lowest BCUT2D eigenvalue weighted by molar-refractivity contribution is 0.462. The van der Waals surface area contributed by atoms with Crippen LogP contribution in [0.25, 0.3) is 11.3 Å². The molecule has 0 bridgehead atoms. The van der Waals surface area contributed by atoms with E-state index in [2.05, 4.69) is 0 Å². The zero-order chi connectivity index (χ0) is 12.6. The summed E-state index contributed by atoms with van der Waals surface area (Å²) in [6.45, 7) is 0. The summed E-state index contributed by atoms with van der Waals surface area (Å²) in [4.78, 5) is 0. The van der Waals surface area contributed by atoms with E-state index in [1.165, 1.54) is 18.2 Å². The third-order valence-corrected chi connectivity index (χ3v) is 3.10. The first-order valence-corrected chi connectivity index (χ1v) is 6.52. The zero-order valence-corrected chi connectivity index (χ0v) is 9.59. The van der Waals surface area contributed by atoms with Crippen LogP contribution in [0.15, 0.2) is 39.8 Å². The summed E-state index contributed by atoms with van der Waals surface area (Å²) >= 11 is 0. The number of hydrogen-bond acceptors (Lipinski definition) is 3. The van der Waals surface area contributed by atoms with Crippen LogP contribution in [0.1, 0.15) is 0 Å². The minimum atomic E-state index is -3.44. The molecule has 0 N–H and O–H groups in total. The largest absolute Gasteiger partial charge is 0.445 e. The molecule has 2 rings (SSSR count). The molecular formula is C11H8F2O3S. The number of rotatable bonds is 2. The Morgan fingerprint density at radius 3 is 2.29 bits per heavy atom. The molecule has 1 aromatic heterocycles. The van der Waals surface area contributed by atoms with Gasteiger partial charge >= 0.3 is 0 Å². The molecule has 0 saturated heterocycles. The predicted molar refractivity (Wildman–Crippen MR) is 57.2 cm³/mol. The molecule has 0 aliphatic heterocycles. The Labute approximate surface area is 96.6 Å². The minimum absolute atomic E-state index is 0.171. The van der Waals surface area contributed by atoms with Gasteiger partial charge in [0.15, 0.2) is 11.6 Å². The molecule has 3 nitrogen and oxygen atoms in total. The number of benzene rings is 1. The average molecular weight is 258 g/mol. The normalized spacial score (nSPS) is 11.7. The third-order valence-electron chi connectivity index (χ3n) is 2.15. The SMILES string of the molecule is CS(=O)(=O)c1ccc(-c2ccc(F)c(F)c2)o1. The number of halogens is 2. The van der Waals surface area contributed by atoms with Gasteiger partial charge in [-0.25, -0.2) is 17.2 Å². The quantitative estimate of drug-likeness (QED) is 0.831. The second kappa shape index (κ2) is 3.96. The van der Waals surface area contributed by atoms with E-state index in [9.17, 15) is 17.2 Å². The van der Waals surface area contributed by atoms with Crippen molar-refractivity contribution in [3.63, 3.8) is 0 Å². The smallest absolute Gasteiger partial charge is 0.218 e. The summed E-state index contributed by atoms with van der Waals surface area (Å²) in [6, 6.07) is 5.87. The van der Waals surface area contributed by atoms with Crippen molar-refractivity contribution in [3.05, 3.63) is 42.0 Å². The Kier molecular flexibility index (Phi) is 2.74. The molecule has 0 amide bonds. The first-order chi connectivity index (χ1) is 7.88. The Morgan fingerprint density at radius 1 is 1.06 bits per heavy atom. The first-order valence-electron chi connectivity index (χ1n) is 4.63. The summed E-state index contributed by atoms with van der Waals surface area (Å²) in [6.07, 6.45) is 1.00. The zero-order valence-electron chi connectivity index (χ0n) is 8.78. The molecule has 1 heterocycles. The molecule has 0 unspecified atom stereocenters. The van der Waals surface area contributed by atoms with Gasteiger partial charge in [0, 0.05) is 11.8 Å². The first kappa shape index (κ1) is 11.8. The van der Waals surface area contributed by atoms with Gasteiger partial charge in [-0.3, -0.25) is 0 Å². The maximum absolute atomic E-state index is 13.0. The Bertz CT molecular complexity index is 659. The van der Waals surface area contributed by atoms with Gasteiger partial charge in [-0.15, -0.1) is 0 Å². The third kappa shape index (κ3) is 2.36. The van der Waals surface area contributed by atoms with Gasteiger partial charge in [-0.1, -0.05) is 0 Å². The maximum Gasteiger partial charge on any atom is 0.218 e. The van der Waals surface area contributed by atoms with E-state index in [0.717, 1.165) is 18.4 Å². The lowest BCUT2D eigenvalue weighted by Gasteiger charge is -1.98. The summed E-state index contributed by atoms with van der Waals surface area (Å²) in [5.41, 5.74) is 0.277. The number of hydrogen-bond donors (Lipinski definition) is 0. The van der Waals surface area contributed by atoms with Crippen molar-refractivity contribution in [1.82, 2.24) is 0 Å². The van der Waals surface area contributed by atoms with Crippen molar-refractivity contribution < 1.29 is 21.6 Å². The molecule has 0 spiro atoms. The number of furan rings is 1. The molecule has 6 heteroatoms. The highest BCUT2D eigenvalue weighted by Crippen LogP contribution is 2.25. The highest BCUT2D eigenvalue weighted by molar-refractivity contribution is 7.90. The van der Waals surface area contributed by atoms with E-state index >= 15 is 0 Å². The fraction of sp³-hybridized carbons (Fsp3) is 0.0909. The van der Waals surface area contributed by atoms with E-state index in [0.29, 0.717) is 0 Å². The van der Waals surface area contributed by atoms with Crippen LogP contribution < -0.4 is 0 Å². The molecule has 2 aromatic rings. The van der Waals surface area contributed by atoms with Crippen LogP contribution in [0.4, 0.5) is 8.78 Å². The lowest BCUT2D eigenvalue weighted by Crippen LogP contribution is -1.93. The summed E-state index contributed by atoms with van der Waals surface area (Å²) in [5.74, 6) is -1.81. The summed E-state index contributed by atoms with van der Waals surface area (Å²) in [7, 11) is -3.44. The highest BCUT2D eigenvalue weighted by atomic mass is 32.2. The van der Waals surface area contributed by atoms with Crippen LogP contribution in [-0.2, 0) is 9.84 Å². The van der Waals surface area contributed by atoms with Gasteiger partial charge in [0.05, 0.1) is 0 Å². The molecule has 0 aliphatic carbocycles. The molecule has 0 atom stereocenters. The monoisotopic (exact) mass is 258 g/mol. The van der Waals surface area contributed by atoms with Gasteiger partial charge in [-0.2, -0.15) is 0 Å². The molecule has 0 radical (unpaired) electrons. The highest BCUT2D eigenvalue weighted by Gasteiger charge is 2.14. The molecule has 0 fully saturated rings. The molecule has 90 valence electrons. The van der Waals surface area contributed by atoms with Crippen molar-refractivity contribution in [2.75, 3.05) is 6.26 Å². The van der Waals surface area contributed by atoms with Crippen LogP contribution in [0, 0.1) is 11.6 Å². The Hall–Kier alpha value is -1.69. The van der Waals surface area contributed by atoms with Crippen molar-refractivity contribution >= 4 is 9.84 Å². The van der Waals surface area contributed by atoms with E-state index in [1.807, 2.05) is 0 Å². The topological polar surface area (TPSA) is 47.3 Å². The fourth-order valence-corrected chi connectivity index (χ4v) is 1.88. The van der Waals surface area contributed by atoms with Crippen LogP contribution in [0.5, 0.6) is 0 Å². The van der Waals surface area contributed by atoms with Crippen LogP contribution >= 0.6 is 0 Å². The molecule has 0 saturated carbocycles. The lowest BCUT2D eigenvalue weighted by atomic mass is 10.2. The standard InChI is InChI=1S/C11H8F2O3S/c1-17(14,15)11-5-4-10(16-11)7-2-3-8(12)9(13)6-7/h2-6H,1H3.